The number of likely N-dealkylation sites (N-methyl/N-ethyl adjacent to an activating group) is 1. The Morgan fingerprint density at radius 1 is 1.04 bits per heavy atom. The molecule has 1 heterocycles. The molecule has 0 bridgehead atoms. The lowest BCUT2D eigenvalue weighted by Crippen LogP contribution is -2.44. The minimum Gasteiger partial charge on any atom is -0.367 e. The van der Waals surface area contributed by atoms with Gasteiger partial charge in [0.25, 0.3) is 0 Å². The average molecular weight is 368 g/mol. The summed E-state index contributed by atoms with van der Waals surface area (Å²) in [4.78, 5) is 18.2. The van der Waals surface area contributed by atoms with Crippen LogP contribution >= 0.6 is 11.8 Å². The zero-order valence-corrected chi connectivity index (χ0v) is 16.1. The molecule has 136 valence electrons. The van der Waals surface area contributed by atoms with Crippen molar-refractivity contribution in [2.24, 2.45) is 0 Å². The van der Waals surface area contributed by atoms with E-state index in [0.29, 0.717) is 0 Å². The van der Waals surface area contributed by atoms with Crippen molar-refractivity contribution in [3.8, 4) is 0 Å². The maximum atomic E-state index is 12.4. The highest BCUT2D eigenvalue weighted by Gasteiger charge is 2.17. The quantitative estimate of drug-likeness (QED) is 0.644. The molecule has 0 spiro atoms. The Labute approximate surface area is 159 Å². The van der Waals surface area contributed by atoms with E-state index in [0.717, 1.165) is 43.1 Å². The molecule has 1 saturated heterocycles. The SMILES string of the molecule is CSc1ccc(/C=C/C(=O)Nc2ccccc2N2CCN(C)CC2)cc1. The normalized spacial score (nSPS) is 15.4. The van der Waals surface area contributed by atoms with Crippen LogP contribution < -0.4 is 10.2 Å². The van der Waals surface area contributed by atoms with Gasteiger partial charge < -0.3 is 15.1 Å². The van der Waals surface area contributed by atoms with E-state index in [1.807, 2.05) is 36.4 Å². The Bertz CT molecular complexity index is 765. The summed E-state index contributed by atoms with van der Waals surface area (Å²) in [5.41, 5.74) is 2.97. The van der Waals surface area contributed by atoms with Gasteiger partial charge in [-0.3, -0.25) is 4.79 Å². The monoisotopic (exact) mass is 367 g/mol. The number of carbonyl (C=O) groups is 1. The van der Waals surface area contributed by atoms with Gasteiger partial charge in [-0.15, -0.1) is 11.8 Å². The predicted octanol–water partition coefficient (Wildman–Crippen LogP) is 3.81. The Kier molecular flexibility index (Phi) is 6.36. The number of piperazine rings is 1. The van der Waals surface area contributed by atoms with Gasteiger partial charge in [-0.25, -0.2) is 0 Å². The fourth-order valence-electron chi connectivity index (χ4n) is 2.96. The fourth-order valence-corrected chi connectivity index (χ4v) is 3.37. The molecule has 0 radical (unpaired) electrons. The zero-order valence-electron chi connectivity index (χ0n) is 15.3. The molecule has 4 nitrogen and oxygen atoms in total. The van der Waals surface area contributed by atoms with Crippen molar-refractivity contribution in [2.45, 2.75) is 4.90 Å². The first-order valence-electron chi connectivity index (χ1n) is 8.81. The third-order valence-corrected chi connectivity index (χ3v) is 5.29. The number of hydrogen-bond donors (Lipinski definition) is 1. The Morgan fingerprint density at radius 3 is 2.42 bits per heavy atom. The Hall–Kier alpha value is -2.24. The van der Waals surface area contributed by atoms with E-state index in [1.165, 1.54) is 4.90 Å². The van der Waals surface area contributed by atoms with E-state index < -0.39 is 0 Å². The summed E-state index contributed by atoms with van der Waals surface area (Å²) in [6, 6.07) is 16.2. The minimum atomic E-state index is -0.111. The van der Waals surface area contributed by atoms with Crippen LogP contribution in [-0.4, -0.2) is 50.3 Å². The van der Waals surface area contributed by atoms with Crippen molar-refractivity contribution in [1.29, 1.82) is 0 Å². The van der Waals surface area contributed by atoms with E-state index in [9.17, 15) is 4.79 Å². The second-order valence-corrected chi connectivity index (χ2v) is 7.28. The first-order valence-corrected chi connectivity index (χ1v) is 10.0. The van der Waals surface area contributed by atoms with Crippen LogP contribution in [0, 0.1) is 0 Å². The molecule has 0 unspecified atom stereocenters. The van der Waals surface area contributed by atoms with Crippen LogP contribution in [-0.2, 0) is 4.79 Å². The zero-order chi connectivity index (χ0) is 18.4. The number of thioether (sulfide) groups is 1. The number of anilines is 2. The number of carbonyl (C=O) groups excluding carboxylic acids is 1. The largest absolute Gasteiger partial charge is 0.367 e. The molecule has 26 heavy (non-hydrogen) atoms. The second kappa shape index (κ2) is 8.92. The van der Waals surface area contributed by atoms with Crippen LogP contribution in [0.3, 0.4) is 0 Å². The van der Waals surface area contributed by atoms with E-state index >= 15 is 0 Å². The van der Waals surface area contributed by atoms with Crippen molar-refractivity contribution >= 4 is 35.1 Å². The molecule has 0 atom stereocenters. The summed E-state index contributed by atoms with van der Waals surface area (Å²) in [5.74, 6) is -0.111. The van der Waals surface area contributed by atoms with Crippen LogP contribution in [0.1, 0.15) is 5.56 Å². The van der Waals surface area contributed by atoms with Crippen LogP contribution in [0.5, 0.6) is 0 Å². The van der Waals surface area contributed by atoms with Crippen molar-refractivity contribution in [3.05, 3.63) is 60.2 Å². The van der Waals surface area contributed by atoms with Crippen molar-refractivity contribution < 1.29 is 4.79 Å². The van der Waals surface area contributed by atoms with Crippen molar-refractivity contribution in [1.82, 2.24) is 4.90 Å². The highest BCUT2D eigenvalue weighted by atomic mass is 32.2. The van der Waals surface area contributed by atoms with E-state index in [-0.39, 0.29) is 5.91 Å². The summed E-state index contributed by atoms with van der Waals surface area (Å²) < 4.78 is 0. The second-order valence-electron chi connectivity index (χ2n) is 6.40. The Morgan fingerprint density at radius 2 is 1.73 bits per heavy atom. The van der Waals surface area contributed by atoms with Gasteiger partial charge in [-0.1, -0.05) is 24.3 Å². The topological polar surface area (TPSA) is 35.6 Å². The molecule has 1 fully saturated rings. The maximum Gasteiger partial charge on any atom is 0.248 e. The first kappa shape index (κ1) is 18.5. The third-order valence-electron chi connectivity index (χ3n) is 4.55. The van der Waals surface area contributed by atoms with Crippen LogP contribution in [0.4, 0.5) is 11.4 Å². The standard InChI is InChI=1S/C21H25N3OS/c1-23-13-15-24(16-14-23)20-6-4-3-5-19(20)22-21(25)12-9-17-7-10-18(26-2)11-8-17/h3-12H,13-16H2,1-2H3,(H,22,25)/b12-9+. The highest BCUT2D eigenvalue weighted by molar-refractivity contribution is 7.98. The van der Waals surface area contributed by atoms with Crippen molar-refractivity contribution in [2.75, 3.05) is 49.7 Å². The van der Waals surface area contributed by atoms with Crippen LogP contribution in [0.2, 0.25) is 0 Å². The molecule has 2 aromatic rings. The number of hydrogen-bond acceptors (Lipinski definition) is 4. The van der Waals surface area contributed by atoms with E-state index in [4.69, 9.17) is 0 Å². The van der Waals surface area contributed by atoms with Gasteiger partial charge in [0.15, 0.2) is 0 Å². The molecule has 0 aliphatic carbocycles. The number of amides is 1. The first-order chi connectivity index (χ1) is 12.7. The van der Waals surface area contributed by atoms with Gasteiger partial charge in [0.1, 0.15) is 0 Å². The minimum absolute atomic E-state index is 0.111. The summed E-state index contributed by atoms with van der Waals surface area (Å²) in [5, 5.41) is 3.03. The van der Waals surface area contributed by atoms with Crippen LogP contribution in [0.25, 0.3) is 6.08 Å². The van der Waals surface area contributed by atoms with Gasteiger partial charge in [0.05, 0.1) is 11.4 Å². The molecule has 1 N–H and O–H groups in total. The maximum absolute atomic E-state index is 12.4. The summed E-state index contributed by atoms with van der Waals surface area (Å²) in [6.45, 7) is 4.02. The molecule has 0 saturated carbocycles. The molecule has 3 rings (SSSR count). The van der Waals surface area contributed by atoms with Gasteiger partial charge in [0.2, 0.25) is 5.91 Å². The van der Waals surface area contributed by atoms with Gasteiger partial charge >= 0.3 is 0 Å². The lowest BCUT2D eigenvalue weighted by Gasteiger charge is -2.35. The van der Waals surface area contributed by atoms with Gasteiger partial charge in [-0.05, 0) is 49.2 Å². The molecule has 5 heteroatoms. The predicted molar refractivity (Wildman–Crippen MR) is 112 cm³/mol. The highest BCUT2D eigenvalue weighted by Crippen LogP contribution is 2.26. The lowest BCUT2D eigenvalue weighted by molar-refractivity contribution is -0.111. The smallest absolute Gasteiger partial charge is 0.248 e. The third kappa shape index (κ3) is 4.90. The molecule has 1 aliphatic rings. The molecule has 1 aliphatic heterocycles. The Balaban J connectivity index is 1.66. The molecular formula is C21H25N3OS. The van der Waals surface area contributed by atoms with E-state index in [1.54, 1.807) is 17.8 Å². The van der Waals surface area contributed by atoms with Gasteiger partial charge in [-0.2, -0.15) is 0 Å². The lowest BCUT2D eigenvalue weighted by atomic mass is 10.2. The number of nitrogens with one attached hydrogen (secondary N) is 1. The molecular weight excluding hydrogens is 342 g/mol. The molecule has 1 amide bonds. The number of nitrogens with zero attached hydrogens (tertiary/aromatic N) is 2. The average Bonchev–Trinajstić information content (AvgIpc) is 2.68. The summed E-state index contributed by atoms with van der Waals surface area (Å²) >= 11 is 1.71. The number of rotatable bonds is 5. The number of benzene rings is 2. The fraction of sp³-hybridized carbons (Fsp3) is 0.286. The summed E-state index contributed by atoms with van der Waals surface area (Å²) in [7, 11) is 2.14. The summed E-state index contributed by atoms with van der Waals surface area (Å²) in [6.07, 6.45) is 5.49. The molecule has 0 aromatic heterocycles. The van der Waals surface area contributed by atoms with Crippen molar-refractivity contribution in [3.63, 3.8) is 0 Å². The van der Waals surface area contributed by atoms with E-state index in [2.05, 4.69) is 46.6 Å². The van der Waals surface area contributed by atoms with Crippen LogP contribution in [0.15, 0.2) is 59.5 Å². The number of para-hydroxylation sites is 2. The molecule has 2 aromatic carbocycles. The van der Waals surface area contributed by atoms with Gasteiger partial charge in [0, 0.05) is 37.2 Å².